The Bertz CT molecular complexity index is 490. The summed E-state index contributed by atoms with van der Waals surface area (Å²) >= 11 is 3.41. The monoisotopic (exact) mass is 341 g/mol. The van der Waals surface area contributed by atoms with Gasteiger partial charge in [-0.3, -0.25) is 4.79 Å². The van der Waals surface area contributed by atoms with Crippen LogP contribution < -0.4 is 4.74 Å². The number of aliphatic hydroxyl groups is 1. The molecule has 4 nitrogen and oxygen atoms in total. The van der Waals surface area contributed by atoms with Gasteiger partial charge in [0.25, 0.3) is 5.91 Å². The molecule has 0 saturated carbocycles. The first kappa shape index (κ1) is 15.3. The first-order valence-electron chi connectivity index (χ1n) is 6.87. The van der Waals surface area contributed by atoms with Crippen molar-refractivity contribution in [1.29, 1.82) is 0 Å². The van der Waals surface area contributed by atoms with Crippen molar-refractivity contribution in [1.82, 2.24) is 4.90 Å². The van der Waals surface area contributed by atoms with E-state index >= 15 is 0 Å². The third kappa shape index (κ3) is 3.73. The molecule has 5 heteroatoms. The fourth-order valence-electron chi connectivity index (χ4n) is 2.38. The van der Waals surface area contributed by atoms with Crippen LogP contribution in [-0.4, -0.2) is 41.7 Å². The van der Waals surface area contributed by atoms with Gasteiger partial charge in [0.15, 0.2) is 0 Å². The number of benzene rings is 1. The van der Waals surface area contributed by atoms with E-state index in [0.29, 0.717) is 24.4 Å². The highest BCUT2D eigenvalue weighted by atomic mass is 79.9. The number of hydrogen-bond acceptors (Lipinski definition) is 3. The van der Waals surface area contributed by atoms with Crippen LogP contribution in [0.1, 0.15) is 30.6 Å². The molecule has 0 radical (unpaired) electrons. The van der Waals surface area contributed by atoms with Crippen LogP contribution in [0, 0.1) is 5.92 Å². The number of aliphatic hydroxyl groups excluding tert-OH is 1. The summed E-state index contributed by atoms with van der Waals surface area (Å²) in [6, 6.07) is 5.44. The Balaban J connectivity index is 2.15. The highest BCUT2D eigenvalue weighted by Gasteiger charge is 2.26. The third-order valence-electron chi connectivity index (χ3n) is 3.32. The number of rotatable bonds is 4. The van der Waals surface area contributed by atoms with Gasteiger partial charge in [-0.1, -0.05) is 15.9 Å². The van der Waals surface area contributed by atoms with Crippen molar-refractivity contribution in [2.24, 2.45) is 5.92 Å². The van der Waals surface area contributed by atoms with Crippen molar-refractivity contribution in [3.8, 4) is 5.75 Å². The minimum Gasteiger partial charge on any atom is -0.491 e. The summed E-state index contributed by atoms with van der Waals surface area (Å²) in [6.45, 7) is 5.38. The van der Waals surface area contributed by atoms with Gasteiger partial charge in [0.05, 0.1) is 6.10 Å². The van der Waals surface area contributed by atoms with E-state index in [4.69, 9.17) is 9.84 Å². The lowest BCUT2D eigenvalue weighted by molar-refractivity contribution is 0.0781. The molecule has 1 atom stereocenters. The van der Waals surface area contributed by atoms with Gasteiger partial charge in [0.1, 0.15) is 5.75 Å². The maximum Gasteiger partial charge on any atom is 0.254 e. The minimum atomic E-state index is -0.00384. The molecule has 1 N–H and O–H groups in total. The molecule has 0 bridgehead atoms. The van der Waals surface area contributed by atoms with E-state index in [9.17, 15) is 4.79 Å². The van der Waals surface area contributed by atoms with E-state index in [1.54, 1.807) is 11.0 Å². The van der Waals surface area contributed by atoms with Crippen molar-refractivity contribution >= 4 is 21.8 Å². The van der Waals surface area contributed by atoms with Crippen molar-refractivity contribution in [2.45, 2.75) is 26.4 Å². The van der Waals surface area contributed by atoms with Gasteiger partial charge < -0.3 is 14.7 Å². The standard InChI is InChI=1S/C15H20BrNO3/c1-10(2)20-14-6-12(5-13(16)7-14)15(19)17-4-3-11(8-17)9-18/h5-7,10-11,18H,3-4,8-9H2,1-2H3. The number of carbonyl (C=O) groups excluding carboxylic acids is 1. The maximum absolute atomic E-state index is 12.5. The average molecular weight is 342 g/mol. The van der Waals surface area contributed by atoms with Crippen molar-refractivity contribution in [3.63, 3.8) is 0 Å². The predicted octanol–water partition coefficient (Wildman–Crippen LogP) is 2.69. The Kier molecular flexibility index (Phi) is 5.05. The molecule has 0 aromatic heterocycles. The van der Waals surface area contributed by atoms with Crippen molar-refractivity contribution in [3.05, 3.63) is 28.2 Å². The minimum absolute atomic E-state index is 0.00384. The SMILES string of the molecule is CC(C)Oc1cc(Br)cc(C(=O)N2CCC(CO)C2)c1. The molecule has 1 aliphatic heterocycles. The molecule has 20 heavy (non-hydrogen) atoms. The zero-order valence-electron chi connectivity index (χ0n) is 11.8. The zero-order chi connectivity index (χ0) is 14.7. The average Bonchev–Trinajstić information content (AvgIpc) is 2.85. The van der Waals surface area contributed by atoms with Crippen LogP contribution >= 0.6 is 15.9 Å². The molecule has 1 amide bonds. The largest absolute Gasteiger partial charge is 0.491 e. The van der Waals surface area contributed by atoms with E-state index in [1.807, 2.05) is 26.0 Å². The number of hydrogen-bond donors (Lipinski definition) is 1. The van der Waals surface area contributed by atoms with Crippen molar-refractivity contribution in [2.75, 3.05) is 19.7 Å². The first-order valence-corrected chi connectivity index (χ1v) is 7.66. The van der Waals surface area contributed by atoms with E-state index in [2.05, 4.69) is 15.9 Å². The lowest BCUT2D eigenvalue weighted by Crippen LogP contribution is -2.29. The summed E-state index contributed by atoms with van der Waals surface area (Å²) < 4.78 is 6.48. The number of ether oxygens (including phenoxy) is 1. The number of halogens is 1. The third-order valence-corrected chi connectivity index (χ3v) is 3.78. The van der Waals surface area contributed by atoms with Gasteiger partial charge in [-0.15, -0.1) is 0 Å². The summed E-state index contributed by atoms with van der Waals surface area (Å²) in [4.78, 5) is 14.3. The summed E-state index contributed by atoms with van der Waals surface area (Å²) in [5.41, 5.74) is 0.619. The normalized spacial score (nSPS) is 18.6. The van der Waals surface area contributed by atoms with Gasteiger partial charge in [0, 0.05) is 35.7 Å². The van der Waals surface area contributed by atoms with E-state index in [1.165, 1.54) is 0 Å². The van der Waals surface area contributed by atoms with Crippen LogP contribution in [0.25, 0.3) is 0 Å². The van der Waals surface area contributed by atoms with Crippen molar-refractivity contribution < 1.29 is 14.6 Å². The Morgan fingerprint density at radius 3 is 2.85 bits per heavy atom. The van der Waals surface area contributed by atoms with Crippen LogP contribution in [0.4, 0.5) is 0 Å². The van der Waals surface area contributed by atoms with E-state index < -0.39 is 0 Å². The fourth-order valence-corrected chi connectivity index (χ4v) is 2.85. The van der Waals surface area contributed by atoms with Gasteiger partial charge >= 0.3 is 0 Å². The van der Waals surface area contributed by atoms with Gasteiger partial charge in [-0.2, -0.15) is 0 Å². The van der Waals surface area contributed by atoms with Crippen LogP contribution in [0.15, 0.2) is 22.7 Å². The Morgan fingerprint density at radius 2 is 2.25 bits per heavy atom. The number of carbonyl (C=O) groups is 1. The highest BCUT2D eigenvalue weighted by molar-refractivity contribution is 9.10. The molecule has 1 heterocycles. The Hall–Kier alpha value is -1.07. The van der Waals surface area contributed by atoms with Gasteiger partial charge in [0.2, 0.25) is 0 Å². The van der Waals surface area contributed by atoms with E-state index in [0.717, 1.165) is 10.9 Å². The molecule has 1 aromatic carbocycles. The maximum atomic E-state index is 12.5. The quantitative estimate of drug-likeness (QED) is 0.915. The van der Waals surface area contributed by atoms with Gasteiger partial charge in [-0.05, 0) is 38.5 Å². The Labute approximate surface area is 127 Å². The second-order valence-electron chi connectivity index (χ2n) is 5.43. The lowest BCUT2D eigenvalue weighted by atomic mass is 10.1. The topological polar surface area (TPSA) is 49.8 Å². The molecule has 1 aromatic rings. The zero-order valence-corrected chi connectivity index (χ0v) is 13.4. The molecule has 2 rings (SSSR count). The second kappa shape index (κ2) is 6.59. The Morgan fingerprint density at radius 1 is 1.50 bits per heavy atom. The predicted molar refractivity (Wildman–Crippen MR) is 81.0 cm³/mol. The smallest absolute Gasteiger partial charge is 0.254 e. The highest BCUT2D eigenvalue weighted by Crippen LogP contribution is 2.25. The van der Waals surface area contributed by atoms with Crippen LogP contribution in [0.2, 0.25) is 0 Å². The molecule has 0 spiro atoms. The molecular formula is C15H20BrNO3. The van der Waals surface area contributed by atoms with Crippen LogP contribution in [0.3, 0.4) is 0 Å². The van der Waals surface area contributed by atoms with Crippen LogP contribution in [0.5, 0.6) is 5.75 Å². The molecule has 0 aliphatic carbocycles. The van der Waals surface area contributed by atoms with Crippen LogP contribution in [-0.2, 0) is 0 Å². The number of amides is 1. The lowest BCUT2D eigenvalue weighted by Gasteiger charge is -2.17. The molecule has 1 saturated heterocycles. The molecular weight excluding hydrogens is 322 g/mol. The number of nitrogens with zero attached hydrogens (tertiary/aromatic N) is 1. The summed E-state index contributed by atoms with van der Waals surface area (Å²) in [6.07, 6.45) is 0.934. The summed E-state index contributed by atoms with van der Waals surface area (Å²) in [5, 5.41) is 9.16. The number of likely N-dealkylation sites (tertiary alicyclic amines) is 1. The summed E-state index contributed by atoms with van der Waals surface area (Å²) in [7, 11) is 0. The molecule has 110 valence electrons. The molecule has 1 fully saturated rings. The fraction of sp³-hybridized carbons (Fsp3) is 0.533. The van der Waals surface area contributed by atoms with Gasteiger partial charge in [-0.25, -0.2) is 0 Å². The molecule has 1 aliphatic rings. The van der Waals surface area contributed by atoms with E-state index in [-0.39, 0.29) is 24.5 Å². The second-order valence-corrected chi connectivity index (χ2v) is 6.35. The molecule has 1 unspecified atom stereocenters. The first-order chi connectivity index (χ1) is 9.49. The summed E-state index contributed by atoms with van der Waals surface area (Å²) in [5.74, 6) is 0.893.